The molecule has 0 spiro atoms. The molecule has 3 heterocycles. The molecule has 0 saturated carbocycles. The van der Waals surface area contributed by atoms with Crippen molar-refractivity contribution in [1.82, 2.24) is 29.8 Å². The van der Waals surface area contributed by atoms with Crippen LogP contribution >= 0.6 is 0 Å². The second-order valence-electron chi connectivity index (χ2n) is 4.86. The van der Waals surface area contributed by atoms with Crippen LogP contribution in [0.3, 0.4) is 0 Å². The standard InChI is InChI=1S/C12H13N7O3/c1-7-9(4-17(3)15-7)12-14-13-11(22-12)6-18-5-10(19(20)21)8(2)16-18/h4-5H,6H2,1-3H3. The third-order valence-corrected chi connectivity index (χ3v) is 3.13. The molecule has 0 aliphatic rings. The molecule has 0 aliphatic carbocycles. The fraction of sp³-hybridized carbons (Fsp3) is 0.333. The highest BCUT2D eigenvalue weighted by molar-refractivity contribution is 5.54. The molecule has 0 saturated heterocycles. The van der Waals surface area contributed by atoms with E-state index in [-0.39, 0.29) is 12.2 Å². The Balaban J connectivity index is 1.84. The maximum Gasteiger partial charge on any atom is 0.309 e. The Morgan fingerprint density at radius 1 is 1.23 bits per heavy atom. The lowest BCUT2D eigenvalue weighted by Crippen LogP contribution is -2.00. The Morgan fingerprint density at radius 2 is 2.00 bits per heavy atom. The zero-order valence-corrected chi connectivity index (χ0v) is 12.2. The van der Waals surface area contributed by atoms with Crippen LogP contribution < -0.4 is 0 Å². The summed E-state index contributed by atoms with van der Waals surface area (Å²) in [7, 11) is 1.80. The van der Waals surface area contributed by atoms with Crippen LogP contribution in [-0.4, -0.2) is 34.7 Å². The highest BCUT2D eigenvalue weighted by atomic mass is 16.6. The van der Waals surface area contributed by atoms with Gasteiger partial charge in [-0.3, -0.25) is 19.5 Å². The molecule has 10 nitrogen and oxygen atoms in total. The van der Waals surface area contributed by atoms with Crippen LogP contribution in [0.5, 0.6) is 0 Å². The minimum Gasteiger partial charge on any atom is -0.419 e. The third-order valence-electron chi connectivity index (χ3n) is 3.13. The molecule has 10 heteroatoms. The molecule has 0 radical (unpaired) electrons. The van der Waals surface area contributed by atoms with Crippen LogP contribution in [0.1, 0.15) is 17.3 Å². The van der Waals surface area contributed by atoms with Crippen molar-refractivity contribution in [1.29, 1.82) is 0 Å². The van der Waals surface area contributed by atoms with E-state index in [9.17, 15) is 10.1 Å². The van der Waals surface area contributed by atoms with E-state index in [2.05, 4.69) is 20.4 Å². The van der Waals surface area contributed by atoms with E-state index in [1.165, 1.54) is 10.9 Å². The molecule has 3 aromatic rings. The van der Waals surface area contributed by atoms with Gasteiger partial charge >= 0.3 is 5.69 Å². The summed E-state index contributed by atoms with van der Waals surface area (Å²) in [5.41, 5.74) is 1.84. The van der Waals surface area contributed by atoms with Crippen molar-refractivity contribution in [3.05, 3.63) is 39.8 Å². The number of nitrogens with zero attached hydrogens (tertiary/aromatic N) is 7. The number of nitro groups is 1. The van der Waals surface area contributed by atoms with Crippen molar-refractivity contribution >= 4 is 5.69 Å². The number of aromatic nitrogens is 6. The Kier molecular flexibility index (Phi) is 3.20. The molecular formula is C12H13N7O3. The Bertz CT molecular complexity index is 845. The summed E-state index contributed by atoms with van der Waals surface area (Å²) in [5.74, 6) is 0.676. The predicted molar refractivity (Wildman–Crippen MR) is 74.0 cm³/mol. The second kappa shape index (κ2) is 5.06. The Morgan fingerprint density at radius 3 is 2.59 bits per heavy atom. The smallest absolute Gasteiger partial charge is 0.309 e. The number of aryl methyl sites for hydroxylation is 3. The molecule has 0 fully saturated rings. The third kappa shape index (κ3) is 2.45. The van der Waals surface area contributed by atoms with Gasteiger partial charge in [0.05, 0.1) is 16.2 Å². The van der Waals surface area contributed by atoms with E-state index in [0.717, 1.165) is 11.3 Å². The monoisotopic (exact) mass is 303 g/mol. The maximum absolute atomic E-state index is 10.8. The fourth-order valence-corrected chi connectivity index (χ4v) is 2.14. The molecule has 0 atom stereocenters. The van der Waals surface area contributed by atoms with Gasteiger partial charge in [0, 0.05) is 13.2 Å². The molecule has 0 aromatic carbocycles. The first-order valence-corrected chi connectivity index (χ1v) is 6.45. The van der Waals surface area contributed by atoms with Crippen molar-refractivity contribution in [2.75, 3.05) is 0 Å². The van der Waals surface area contributed by atoms with Crippen LogP contribution in [0.2, 0.25) is 0 Å². The van der Waals surface area contributed by atoms with Crippen molar-refractivity contribution in [2.24, 2.45) is 7.05 Å². The van der Waals surface area contributed by atoms with Gasteiger partial charge in [0.2, 0.25) is 5.89 Å². The van der Waals surface area contributed by atoms with Crippen molar-refractivity contribution in [3.8, 4) is 11.5 Å². The first-order chi connectivity index (χ1) is 10.4. The van der Waals surface area contributed by atoms with Crippen LogP contribution in [-0.2, 0) is 13.6 Å². The normalized spacial score (nSPS) is 11.0. The zero-order chi connectivity index (χ0) is 15.9. The van der Waals surface area contributed by atoms with E-state index in [0.29, 0.717) is 17.5 Å². The summed E-state index contributed by atoms with van der Waals surface area (Å²) in [5, 5.41) is 27.0. The van der Waals surface area contributed by atoms with Gasteiger partial charge < -0.3 is 4.42 Å². The first kappa shape index (κ1) is 13.9. The zero-order valence-electron chi connectivity index (χ0n) is 12.2. The summed E-state index contributed by atoms with van der Waals surface area (Å²) in [6, 6.07) is 0. The number of hydrogen-bond acceptors (Lipinski definition) is 7. The van der Waals surface area contributed by atoms with Crippen LogP contribution in [0.4, 0.5) is 5.69 Å². The summed E-state index contributed by atoms with van der Waals surface area (Å²) in [4.78, 5) is 10.3. The van der Waals surface area contributed by atoms with E-state index in [1.807, 2.05) is 6.92 Å². The molecule has 0 unspecified atom stereocenters. The average molecular weight is 303 g/mol. The van der Waals surface area contributed by atoms with Gasteiger partial charge in [0.1, 0.15) is 18.4 Å². The summed E-state index contributed by atoms with van der Waals surface area (Å²) in [6.07, 6.45) is 3.13. The molecule has 114 valence electrons. The van der Waals surface area contributed by atoms with Crippen LogP contribution in [0.25, 0.3) is 11.5 Å². The average Bonchev–Trinajstić information content (AvgIpc) is 3.10. The van der Waals surface area contributed by atoms with Gasteiger partial charge in [-0.2, -0.15) is 10.2 Å². The number of rotatable bonds is 4. The van der Waals surface area contributed by atoms with Gasteiger partial charge in [0.25, 0.3) is 5.89 Å². The van der Waals surface area contributed by atoms with Crippen LogP contribution in [0, 0.1) is 24.0 Å². The SMILES string of the molecule is Cc1nn(C)cc1-c1nnc(Cn2cc([N+](=O)[O-])c(C)n2)o1. The topological polar surface area (TPSA) is 118 Å². The first-order valence-electron chi connectivity index (χ1n) is 6.45. The van der Waals surface area contributed by atoms with Gasteiger partial charge in [-0.25, -0.2) is 0 Å². The van der Waals surface area contributed by atoms with Gasteiger partial charge in [-0.1, -0.05) is 0 Å². The lowest BCUT2D eigenvalue weighted by Gasteiger charge is -1.94. The Labute approximate surface area is 124 Å². The van der Waals surface area contributed by atoms with E-state index in [4.69, 9.17) is 4.42 Å². The second-order valence-corrected chi connectivity index (χ2v) is 4.86. The van der Waals surface area contributed by atoms with Gasteiger partial charge in [-0.05, 0) is 13.8 Å². The molecule has 0 aliphatic heterocycles. The number of hydrogen-bond donors (Lipinski definition) is 0. The maximum atomic E-state index is 10.8. The largest absolute Gasteiger partial charge is 0.419 e. The quantitative estimate of drug-likeness (QED) is 0.525. The lowest BCUT2D eigenvalue weighted by atomic mass is 10.3. The lowest BCUT2D eigenvalue weighted by molar-refractivity contribution is -0.385. The molecule has 0 amide bonds. The molecule has 0 bridgehead atoms. The molecule has 0 N–H and O–H groups in total. The van der Waals surface area contributed by atoms with E-state index in [1.54, 1.807) is 24.9 Å². The van der Waals surface area contributed by atoms with Crippen molar-refractivity contribution in [3.63, 3.8) is 0 Å². The van der Waals surface area contributed by atoms with E-state index < -0.39 is 4.92 Å². The van der Waals surface area contributed by atoms with E-state index >= 15 is 0 Å². The molecule has 22 heavy (non-hydrogen) atoms. The van der Waals surface area contributed by atoms with Crippen molar-refractivity contribution < 1.29 is 9.34 Å². The predicted octanol–water partition coefficient (Wildman–Crippen LogP) is 1.24. The van der Waals surface area contributed by atoms with Gasteiger partial charge in [0.15, 0.2) is 0 Å². The summed E-state index contributed by atoms with van der Waals surface area (Å²) >= 11 is 0. The highest BCUT2D eigenvalue weighted by Crippen LogP contribution is 2.21. The molecular weight excluding hydrogens is 290 g/mol. The summed E-state index contributed by atoms with van der Waals surface area (Å²) in [6.45, 7) is 3.59. The van der Waals surface area contributed by atoms with Crippen LogP contribution in [0.15, 0.2) is 16.8 Å². The van der Waals surface area contributed by atoms with Crippen molar-refractivity contribution in [2.45, 2.75) is 20.4 Å². The Hall–Kier alpha value is -3.04. The van der Waals surface area contributed by atoms with Gasteiger partial charge in [-0.15, -0.1) is 10.2 Å². The molecule has 3 rings (SSSR count). The minimum absolute atomic E-state index is 0.0390. The fourth-order valence-electron chi connectivity index (χ4n) is 2.14. The summed E-state index contributed by atoms with van der Waals surface area (Å²) < 4.78 is 8.64. The molecule has 3 aromatic heterocycles. The minimum atomic E-state index is -0.475. The highest BCUT2D eigenvalue weighted by Gasteiger charge is 2.18.